The zero-order valence-corrected chi connectivity index (χ0v) is 13.0. The molecule has 6 nitrogen and oxygen atoms in total. The molecular formula is C12H25F2NO5S. The molecule has 0 bridgehead atoms. The van der Waals surface area contributed by atoms with Gasteiger partial charge in [0.2, 0.25) is 0 Å². The van der Waals surface area contributed by atoms with Crippen LogP contribution in [0.4, 0.5) is 8.78 Å². The van der Waals surface area contributed by atoms with Gasteiger partial charge in [-0.05, 0) is 13.0 Å². The van der Waals surface area contributed by atoms with Crippen LogP contribution < -0.4 is 5.73 Å². The first-order valence-electron chi connectivity index (χ1n) is 6.89. The Morgan fingerprint density at radius 1 is 1.05 bits per heavy atom. The number of rotatable bonds is 10. The van der Waals surface area contributed by atoms with E-state index < -0.39 is 21.3 Å². The predicted molar refractivity (Wildman–Crippen MR) is 75.8 cm³/mol. The number of carboxylic acids is 1. The molecule has 0 rings (SSSR count). The molecule has 0 aliphatic rings. The summed E-state index contributed by atoms with van der Waals surface area (Å²) in [5, 5.41) is 2.37. The Bertz CT molecular complexity index is 366. The summed E-state index contributed by atoms with van der Waals surface area (Å²) in [6.07, 6.45) is 11.0. The number of carboxylic acid groups (broad SMARTS) is 1. The normalized spacial score (nSPS) is 11.7. The monoisotopic (exact) mass is 333 g/mol. The standard InChI is InChI=1S/C10H23N.C2H2F2O5S/c1-2-3-4-5-6-7-8-9-10-11;3-2(4,1(5)6)10(7,8)9/h2-11H2,1H3;(H,5,6)(H,7,8,9). The SMILES string of the molecule is CCCCCCCCCCN.O=C(O)C(F)(F)S(=O)(=O)O. The van der Waals surface area contributed by atoms with Crippen molar-refractivity contribution in [3.05, 3.63) is 0 Å². The third-order valence-corrected chi connectivity index (χ3v) is 3.45. The van der Waals surface area contributed by atoms with Gasteiger partial charge in [-0.15, -0.1) is 0 Å². The van der Waals surface area contributed by atoms with E-state index in [9.17, 15) is 22.0 Å². The summed E-state index contributed by atoms with van der Waals surface area (Å²) in [4.78, 5) is 9.38. The number of hydrogen-bond donors (Lipinski definition) is 3. The van der Waals surface area contributed by atoms with Crippen LogP contribution in [-0.2, 0) is 14.9 Å². The zero-order valence-electron chi connectivity index (χ0n) is 12.2. The van der Waals surface area contributed by atoms with E-state index >= 15 is 0 Å². The third kappa shape index (κ3) is 11.5. The highest BCUT2D eigenvalue weighted by atomic mass is 32.2. The van der Waals surface area contributed by atoms with E-state index in [4.69, 9.17) is 15.4 Å². The minimum atomic E-state index is -5.83. The maximum absolute atomic E-state index is 11.6. The molecule has 0 fully saturated rings. The number of aliphatic carboxylic acids is 1. The minimum Gasteiger partial charge on any atom is -0.476 e. The fourth-order valence-corrected chi connectivity index (χ4v) is 1.61. The lowest BCUT2D eigenvalue weighted by Gasteiger charge is -2.04. The van der Waals surface area contributed by atoms with E-state index in [1.54, 1.807) is 0 Å². The summed E-state index contributed by atoms with van der Waals surface area (Å²) in [7, 11) is -5.83. The van der Waals surface area contributed by atoms with Crippen LogP contribution in [0.1, 0.15) is 58.3 Å². The third-order valence-electron chi connectivity index (χ3n) is 2.63. The topological polar surface area (TPSA) is 118 Å². The van der Waals surface area contributed by atoms with Crippen LogP contribution in [0.15, 0.2) is 0 Å². The second kappa shape index (κ2) is 11.8. The van der Waals surface area contributed by atoms with Crippen LogP contribution in [0.3, 0.4) is 0 Å². The molecule has 128 valence electrons. The van der Waals surface area contributed by atoms with Gasteiger partial charge in [0.25, 0.3) is 0 Å². The lowest BCUT2D eigenvalue weighted by molar-refractivity contribution is -0.154. The van der Waals surface area contributed by atoms with Crippen molar-refractivity contribution in [3.8, 4) is 0 Å². The van der Waals surface area contributed by atoms with E-state index in [1.165, 1.54) is 51.4 Å². The molecule has 21 heavy (non-hydrogen) atoms. The first-order valence-corrected chi connectivity index (χ1v) is 8.33. The van der Waals surface area contributed by atoms with E-state index in [0.717, 1.165) is 6.54 Å². The Hall–Kier alpha value is -0.800. The molecule has 0 unspecified atom stereocenters. The number of alkyl halides is 2. The van der Waals surface area contributed by atoms with Gasteiger partial charge in [0.1, 0.15) is 0 Å². The zero-order chi connectivity index (χ0) is 16.9. The highest BCUT2D eigenvalue weighted by Gasteiger charge is 2.52. The van der Waals surface area contributed by atoms with E-state index in [1.807, 2.05) is 0 Å². The van der Waals surface area contributed by atoms with Crippen molar-refractivity contribution in [2.24, 2.45) is 5.73 Å². The molecule has 0 atom stereocenters. The predicted octanol–water partition coefficient (Wildman–Crippen LogP) is 2.64. The van der Waals surface area contributed by atoms with Crippen molar-refractivity contribution < 1.29 is 31.7 Å². The number of halogens is 2. The van der Waals surface area contributed by atoms with Gasteiger partial charge in [-0.25, -0.2) is 4.79 Å². The summed E-state index contributed by atoms with van der Waals surface area (Å²) in [5.74, 6) is -2.91. The van der Waals surface area contributed by atoms with Crippen LogP contribution in [0.2, 0.25) is 0 Å². The van der Waals surface area contributed by atoms with Gasteiger partial charge < -0.3 is 10.8 Å². The molecular weight excluding hydrogens is 308 g/mol. The van der Waals surface area contributed by atoms with Crippen LogP contribution >= 0.6 is 0 Å². The Morgan fingerprint density at radius 2 is 1.43 bits per heavy atom. The van der Waals surface area contributed by atoms with Crippen molar-refractivity contribution >= 4 is 16.1 Å². The second-order valence-corrected chi connectivity index (χ2v) is 6.02. The first-order chi connectivity index (χ1) is 9.61. The fourth-order valence-electron chi connectivity index (χ4n) is 1.39. The molecule has 0 aromatic heterocycles. The quantitative estimate of drug-likeness (QED) is 0.418. The summed E-state index contributed by atoms with van der Waals surface area (Å²) in [6.45, 7) is 3.13. The lowest BCUT2D eigenvalue weighted by Crippen LogP contribution is -2.36. The Kier molecular flexibility index (Phi) is 12.6. The number of carbonyl (C=O) groups is 1. The van der Waals surface area contributed by atoms with Gasteiger partial charge in [0, 0.05) is 0 Å². The Balaban J connectivity index is 0. The summed E-state index contributed by atoms with van der Waals surface area (Å²) in [6, 6.07) is 0. The smallest absolute Gasteiger partial charge is 0.465 e. The number of hydrogen-bond acceptors (Lipinski definition) is 4. The van der Waals surface area contributed by atoms with Gasteiger partial charge in [0.05, 0.1) is 0 Å². The highest BCUT2D eigenvalue weighted by Crippen LogP contribution is 2.19. The van der Waals surface area contributed by atoms with Crippen molar-refractivity contribution in [3.63, 3.8) is 0 Å². The molecule has 0 saturated heterocycles. The first kappa shape index (κ1) is 22.5. The molecule has 0 saturated carbocycles. The van der Waals surface area contributed by atoms with E-state index in [-0.39, 0.29) is 0 Å². The number of nitrogens with two attached hydrogens (primary N) is 1. The lowest BCUT2D eigenvalue weighted by atomic mass is 10.1. The molecule has 9 heteroatoms. The van der Waals surface area contributed by atoms with Crippen LogP contribution in [-0.4, -0.2) is 35.8 Å². The molecule has 0 amide bonds. The van der Waals surface area contributed by atoms with E-state index in [2.05, 4.69) is 6.92 Å². The highest BCUT2D eigenvalue weighted by molar-refractivity contribution is 7.87. The van der Waals surface area contributed by atoms with Crippen molar-refractivity contribution in [2.75, 3.05) is 6.54 Å². The minimum absolute atomic E-state index is 0.870. The summed E-state index contributed by atoms with van der Waals surface area (Å²) in [5.41, 5.74) is 5.39. The molecule has 0 aliphatic heterocycles. The van der Waals surface area contributed by atoms with E-state index in [0.29, 0.717) is 0 Å². The van der Waals surface area contributed by atoms with Crippen LogP contribution in [0.25, 0.3) is 0 Å². The van der Waals surface area contributed by atoms with Crippen molar-refractivity contribution in [2.45, 2.75) is 63.5 Å². The van der Waals surface area contributed by atoms with Crippen LogP contribution in [0.5, 0.6) is 0 Å². The van der Waals surface area contributed by atoms with Crippen molar-refractivity contribution in [1.29, 1.82) is 0 Å². The largest absolute Gasteiger partial charge is 0.476 e. The van der Waals surface area contributed by atoms with Gasteiger partial charge in [-0.3, -0.25) is 4.55 Å². The van der Waals surface area contributed by atoms with Gasteiger partial charge >= 0.3 is 21.3 Å². The average molecular weight is 333 g/mol. The van der Waals surface area contributed by atoms with Gasteiger partial charge in [-0.1, -0.05) is 51.9 Å². The molecule has 0 spiro atoms. The van der Waals surface area contributed by atoms with Crippen LogP contribution in [0, 0.1) is 0 Å². The summed E-state index contributed by atoms with van der Waals surface area (Å²) >= 11 is 0. The molecule has 0 heterocycles. The molecule has 0 aromatic carbocycles. The maximum Gasteiger partial charge on any atom is 0.465 e. The Labute approximate surface area is 124 Å². The molecule has 0 radical (unpaired) electrons. The van der Waals surface area contributed by atoms with Crippen molar-refractivity contribution in [1.82, 2.24) is 0 Å². The van der Waals surface area contributed by atoms with Gasteiger partial charge in [-0.2, -0.15) is 17.2 Å². The number of unbranched alkanes of at least 4 members (excludes halogenated alkanes) is 7. The van der Waals surface area contributed by atoms with Gasteiger partial charge in [0.15, 0.2) is 0 Å². The Morgan fingerprint density at radius 3 is 1.67 bits per heavy atom. The second-order valence-electron chi connectivity index (χ2n) is 4.56. The average Bonchev–Trinajstić information content (AvgIpc) is 2.37. The fraction of sp³-hybridized carbons (Fsp3) is 0.917. The summed E-state index contributed by atoms with van der Waals surface area (Å²) < 4.78 is 49.8. The maximum atomic E-state index is 11.6. The molecule has 0 aliphatic carbocycles. The molecule has 0 aromatic rings. The molecule has 4 N–H and O–H groups in total.